The van der Waals surface area contributed by atoms with Crippen LogP contribution in [-0.4, -0.2) is 23.0 Å². The van der Waals surface area contributed by atoms with Gasteiger partial charge in [-0.1, -0.05) is 12.8 Å². The fourth-order valence-electron chi connectivity index (χ4n) is 3.01. The van der Waals surface area contributed by atoms with Crippen molar-refractivity contribution in [2.45, 2.75) is 52.0 Å². The van der Waals surface area contributed by atoms with Gasteiger partial charge in [0.05, 0.1) is 5.92 Å². The van der Waals surface area contributed by atoms with Gasteiger partial charge in [-0.3, -0.25) is 9.59 Å². The standard InChI is InChI=1S/C13H21NO3/c1-8(12(16)17)9(2)14-11(15)10-7-13(10)5-3-4-6-13/h8-10H,3-7H2,1-2H3,(H,14,15)(H,16,17). The molecule has 0 radical (unpaired) electrons. The summed E-state index contributed by atoms with van der Waals surface area (Å²) < 4.78 is 0. The van der Waals surface area contributed by atoms with Gasteiger partial charge in [0.1, 0.15) is 0 Å². The minimum atomic E-state index is -0.857. The number of hydrogen-bond acceptors (Lipinski definition) is 2. The van der Waals surface area contributed by atoms with E-state index >= 15 is 0 Å². The second-order valence-electron chi connectivity index (χ2n) is 5.75. The van der Waals surface area contributed by atoms with Crippen molar-refractivity contribution >= 4 is 11.9 Å². The van der Waals surface area contributed by atoms with Crippen LogP contribution in [0.15, 0.2) is 0 Å². The average molecular weight is 239 g/mol. The Hall–Kier alpha value is -1.06. The highest BCUT2D eigenvalue weighted by molar-refractivity contribution is 5.83. The summed E-state index contributed by atoms with van der Waals surface area (Å²) in [6.07, 6.45) is 5.84. The van der Waals surface area contributed by atoms with Gasteiger partial charge in [0, 0.05) is 12.0 Å². The van der Waals surface area contributed by atoms with Crippen LogP contribution in [0, 0.1) is 17.3 Å². The second-order valence-corrected chi connectivity index (χ2v) is 5.75. The number of nitrogens with one attached hydrogen (secondary N) is 1. The van der Waals surface area contributed by atoms with E-state index in [0.29, 0.717) is 0 Å². The smallest absolute Gasteiger partial charge is 0.308 e. The quantitative estimate of drug-likeness (QED) is 0.786. The SMILES string of the molecule is CC(NC(=O)C1CC12CCCC2)C(C)C(=O)O. The normalized spacial score (nSPS) is 28.7. The zero-order valence-corrected chi connectivity index (χ0v) is 10.5. The molecule has 4 nitrogen and oxygen atoms in total. The van der Waals surface area contributed by atoms with Gasteiger partial charge in [-0.2, -0.15) is 0 Å². The van der Waals surface area contributed by atoms with Gasteiger partial charge in [0.25, 0.3) is 0 Å². The van der Waals surface area contributed by atoms with Crippen LogP contribution in [0.1, 0.15) is 46.0 Å². The summed E-state index contributed by atoms with van der Waals surface area (Å²) in [4.78, 5) is 22.8. The molecule has 0 bridgehead atoms. The van der Waals surface area contributed by atoms with Crippen LogP contribution < -0.4 is 5.32 Å². The van der Waals surface area contributed by atoms with Gasteiger partial charge < -0.3 is 10.4 Å². The molecule has 2 aliphatic carbocycles. The van der Waals surface area contributed by atoms with E-state index in [1.807, 2.05) is 0 Å². The van der Waals surface area contributed by atoms with Crippen molar-refractivity contribution < 1.29 is 14.7 Å². The number of aliphatic carboxylic acids is 1. The van der Waals surface area contributed by atoms with Gasteiger partial charge in [0.15, 0.2) is 0 Å². The third kappa shape index (κ3) is 2.31. The van der Waals surface area contributed by atoms with Gasteiger partial charge in [-0.05, 0) is 38.5 Å². The number of carboxylic acids is 1. The molecule has 4 heteroatoms. The molecule has 0 saturated heterocycles. The van der Waals surface area contributed by atoms with E-state index in [2.05, 4.69) is 5.32 Å². The molecule has 3 unspecified atom stereocenters. The van der Waals surface area contributed by atoms with E-state index in [4.69, 9.17) is 5.11 Å². The summed E-state index contributed by atoms with van der Waals surface area (Å²) in [6.45, 7) is 3.39. The average Bonchev–Trinajstić information content (AvgIpc) is 2.76. The van der Waals surface area contributed by atoms with Crippen LogP contribution in [0.2, 0.25) is 0 Å². The number of carbonyl (C=O) groups is 2. The van der Waals surface area contributed by atoms with Crippen LogP contribution in [0.4, 0.5) is 0 Å². The van der Waals surface area contributed by atoms with Gasteiger partial charge in [-0.25, -0.2) is 0 Å². The lowest BCUT2D eigenvalue weighted by atomic mass is 10.0. The Balaban J connectivity index is 1.84. The molecule has 17 heavy (non-hydrogen) atoms. The molecule has 3 atom stereocenters. The Bertz CT molecular complexity index is 334. The fourth-order valence-corrected chi connectivity index (χ4v) is 3.01. The van der Waals surface area contributed by atoms with Crippen molar-refractivity contribution in [2.75, 3.05) is 0 Å². The maximum atomic E-state index is 12.0. The zero-order chi connectivity index (χ0) is 12.6. The lowest BCUT2D eigenvalue weighted by Gasteiger charge is -2.18. The molecule has 0 aromatic rings. The number of carbonyl (C=O) groups excluding carboxylic acids is 1. The van der Waals surface area contributed by atoms with Crippen LogP contribution in [0.3, 0.4) is 0 Å². The molecule has 2 saturated carbocycles. The summed E-state index contributed by atoms with van der Waals surface area (Å²) in [5.74, 6) is -1.18. The number of amides is 1. The molecule has 0 aromatic carbocycles. The largest absolute Gasteiger partial charge is 0.481 e. The summed E-state index contributed by atoms with van der Waals surface area (Å²) in [6, 6.07) is -0.293. The van der Waals surface area contributed by atoms with E-state index in [9.17, 15) is 9.59 Å². The van der Waals surface area contributed by atoms with E-state index in [-0.39, 0.29) is 23.3 Å². The highest BCUT2D eigenvalue weighted by Gasteiger charge is 2.58. The third-order valence-electron chi connectivity index (χ3n) is 4.62. The summed E-state index contributed by atoms with van der Waals surface area (Å²) in [5.41, 5.74) is 0.288. The third-order valence-corrected chi connectivity index (χ3v) is 4.62. The lowest BCUT2D eigenvalue weighted by Crippen LogP contribution is -2.41. The molecule has 2 aliphatic rings. The van der Waals surface area contributed by atoms with Crippen LogP contribution in [-0.2, 0) is 9.59 Å². The van der Waals surface area contributed by atoms with Crippen LogP contribution in [0.5, 0.6) is 0 Å². The second kappa shape index (κ2) is 4.31. The predicted octanol–water partition coefficient (Wildman–Crippen LogP) is 1.79. The van der Waals surface area contributed by atoms with Crippen molar-refractivity contribution in [3.63, 3.8) is 0 Å². The minimum absolute atomic E-state index is 0.0625. The monoisotopic (exact) mass is 239 g/mol. The number of hydrogen-bond donors (Lipinski definition) is 2. The fraction of sp³-hybridized carbons (Fsp3) is 0.846. The summed E-state index contributed by atoms with van der Waals surface area (Å²) in [5, 5.41) is 11.7. The summed E-state index contributed by atoms with van der Waals surface area (Å²) in [7, 11) is 0. The Morgan fingerprint density at radius 2 is 1.88 bits per heavy atom. The van der Waals surface area contributed by atoms with E-state index in [1.165, 1.54) is 25.7 Å². The first-order valence-corrected chi connectivity index (χ1v) is 6.49. The van der Waals surface area contributed by atoms with Gasteiger partial charge in [0.2, 0.25) is 5.91 Å². The molecule has 0 aromatic heterocycles. The van der Waals surface area contributed by atoms with E-state index in [0.717, 1.165) is 6.42 Å². The first kappa shape index (κ1) is 12.4. The predicted molar refractivity (Wildman–Crippen MR) is 63.4 cm³/mol. The molecule has 0 heterocycles. The molecule has 96 valence electrons. The maximum absolute atomic E-state index is 12.0. The number of rotatable bonds is 4. The first-order chi connectivity index (χ1) is 7.96. The molecule has 0 aliphatic heterocycles. The molecule has 2 fully saturated rings. The Morgan fingerprint density at radius 3 is 2.41 bits per heavy atom. The molecule has 1 amide bonds. The maximum Gasteiger partial charge on any atom is 0.308 e. The van der Waals surface area contributed by atoms with Crippen molar-refractivity contribution in [3.8, 4) is 0 Å². The van der Waals surface area contributed by atoms with Crippen molar-refractivity contribution in [1.29, 1.82) is 0 Å². The van der Waals surface area contributed by atoms with E-state index in [1.54, 1.807) is 13.8 Å². The van der Waals surface area contributed by atoms with Crippen molar-refractivity contribution in [1.82, 2.24) is 5.32 Å². The summed E-state index contributed by atoms with van der Waals surface area (Å²) >= 11 is 0. The first-order valence-electron chi connectivity index (χ1n) is 6.49. The van der Waals surface area contributed by atoms with E-state index < -0.39 is 11.9 Å². The highest BCUT2D eigenvalue weighted by atomic mass is 16.4. The Kier molecular flexibility index (Phi) is 3.15. The van der Waals surface area contributed by atoms with Crippen molar-refractivity contribution in [3.05, 3.63) is 0 Å². The van der Waals surface area contributed by atoms with Gasteiger partial charge in [-0.15, -0.1) is 0 Å². The van der Waals surface area contributed by atoms with Crippen molar-refractivity contribution in [2.24, 2.45) is 17.3 Å². The lowest BCUT2D eigenvalue weighted by molar-refractivity contribution is -0.142. The van der Waals surface area contributed by atoms with Crippen LogP contribution >= 0.6 is 0 Å². The Morgan fingerprint density at radius 1 is 1.29 bits per heavy atom. The number of carboxylic acid groups (broad SMARTS) is 1. The minimum Gasteiger partial charge on any atom is -0.481 e. The molecular formula is C13H21NO3. The molecular weight excluding hydrogens is 218 g/mol. The van der Waals surface area contributed by atoms with Crippen LogP contribution in [0.25, 0.3) is 0 Å². The molecule has 2 N–H and O–H groups in total. The Labute approximate surface area is 102 Å². The highest BCUT2D eigenvalue weighted by Crippen LogP contribution is 2.62. The molecule has 2 rings (SSSR count). The zero-order valence-electron chi connectivity index (χ0n) is 10.5. The topological polar surface area (TPSA) is 66.4 Å². The van der Waals surface area contributed by atoms with Gasteiger partial charge >= 0.3 is 5.97 Å². The molecule has 1 spiro atoms.